The highest BCUT2D eigenvalue weighted by Crippen LogP contribution is 2.26. The summed E-state index contributed by atoms with van der Waals surface area (Å²) in [5.41, 5.74) is 1.98. The molecule has 0 fully saturated rings. The number of nitrogens with zero attached hydrogens (tertiary/aromatic N) is 1. The van der Waals surface area contributed by atoms with E-state index in [1.54, 1.807) is 20.3 Å². The van der Waals surface area contributed by atoms with E-state index in [0.717, 1.165) is 11.3 Å². The van der Waals surface area contributed by atoms with E-state index in [1.807, 2.05) is 48.5 Å². The van der Waals surface area contributed by atoms with Crippen molar-refractivity contribution in [2.45, 2.75) is 0 Å². The maximum absolute atomic E-state index is 9.31. The van der Waals surface area contributed by atoms with Crippen molar-refractivity contribution in [1.29, 1.82) is 5.26 Å². The standard InChI is InChI=1S/C17H16N2O2/c1-20-16-9-5-3-7-13(16)11-14(12-18)19-15-8-4-6-10-17(15)21-2/h3-11,19H,1-2H3/b14-11+. The second-order valence-electron chi connectivity index (χ2n) is 4.24. The SMILES string of the molecule is COc1ccccc1/C=C(\C#N)Nc1ccccc1OC. The van der Waals surface area contributed by atoms with E-state index in [4.69, 9.17) is 9.47 Å². The molecule has 0 radical (unpaired) electrons. The van der Waals surface area contributed by atoms with Crippen molar-refractivity contribution < 1.29 is 9.47 Å². The van der Waals surface area contributed by atoms with Gasteiger partial charge in [0.05, 0.1) is 19.9 Å². The first-order chi connectivity index (χ1) is 10.3. The van der Waals surface area contributed by atoms with Gasteiger partial charge in [-0.1, -0.05) is 30.3 Å². The van der Waals surface area contributed by atoms with Crippen LogP contribution in [-0.2, 0) is 0 Å². The van der Waals surface area contributed by atoms with Crippen molar-refractivity contribution in [3.8, 4) is 17.6 Å². The third-order valence-electron chi connectivity index (χ3n) is 2.94. The van der Waals surface area contributed by atoms with Gasteiger partial charge in [0.15, 0.2) is 0 Å². The Bertz CT molecular complexity index is 687. The fourth-order valence-corrected chi connectivity index (χ4v) is 1.93. The summed E-state index contributed by atoms with van der Waals surface area (Å²) in [6.07, 6.45) is 1.74. The first-order valence-corrected chi connectivity index (χ1v) is 6.43. The number of benzene rings is 2. The van der Waals surface area contributed by atoms with E-state index >= 15 is 0 Å². The van der Waals surface area contributed by atoms with E-state index < -0.39 is 0 Å². The van der Waals surface area contributed by atoms with Gasteiger partial charge in [0, 0.05) is 5.56 Å². The zero-order valence-electron chi connectivity index (χ0n) is 12.0. The van der Waals surface area contributed by atoms with E-state index in [-0.39, 0.29) is 0 Å². The number of nitrogens with one attached hydrogen (secondary N) is 1. The molecule has 1 N–H and O–H groups in total. The molecule has 0 spiro atoms. The van der Waals surface area contributed by atoms with E-state index in [2.05, 4.69) is 11.4 Å². The Morgan fingerprint density at radius 3 is 2.29 bits per heavy atom. The summed E-state index contributed by atoms with van der Waals surface area (Å²) in [4.78, 5) is 0. The minimum Gasteiger partial charge on any atom is -0.496 e. The molecule has 0 unspecified atom stereocenters. The van der Waals surface area contributed by atoms with Crippen LogP contribution in [0, 0.1) is 11.3 Å². The zero-order valence-corrected chi connectivity index (χ0v) is 12.0. The minimum atomic E-state index is 0.406. The Balaban J connectivity index is 2.32. The largest absolute Gasteiger partial charge is 0.496 e. The lowest BCUT2D eigenvalue weighted by molar-refractivity contribution is 0.414. The first-order valence-electron chi connectivity index (χ1n) is 6.43. The molecule has 2 rings (SSSR count). The van der Waals surface area contributed by atoms with E-state index in [9.17, 15) is 5.26 Å². The minimum absolute atomic E-state index is 0.406. The molecular weight excluding hydrogens is 264 g/mol. The van der Waals surface area contributed by atoms with E-state index in [0.29, 0.717) is 17.2 Å². The van der Waals surface area contributed by atoms with Crippen LogP contribution in [0.25, 0.3) is 6.08 Å². The molecule has 2 aromatic carbocycles. The number of hydrogen-bond donors (Lipinski definition) is 1. The van der Waals surface area contributed by atoms with Gasteiger partial charge in [-0.15, -0.1) is 0 Å². The molecule has 0 saturated carbocycles. The number of nitriles is 1. The lowest BCUT2D eigenvalue weighted by Crippen LogP contribution is -1.99. The molecule has 0 atom stereocenters. The maximum atomic E-state index is 9.31. The number of anilines is 1. The average Bonchev–Trinajstić information content (AvgIpc) is 2.55. The first kappa shape index (κ1) is 14.5. The summed E-state index contributed by atoms with van der Waals surface area (Å²) in [6.45, 7) is 0. The molecule has 0 bridgehead atoms. The van der Waals surface area contributed by atoms with Crippen molar-refractivity contribution in [2.75, 3.05) is 19.5 Å². The number of ether oxygens (including phenoxy) is 2. The van der Waals surface area contributed by atoms with Gasteiger partial charge in [0.2, 0.25) is 0 Å². The monoisotopic (exact) mass is 280 g/mol. The van der Waals surface area contributed by atoms with Crippen LogP contribution in [0.4, 0.5) is 5.69 Å². The number of rotatable bonds is 5. The predicted molar refractivity (Wildman–Crippen MR) is 83.2 cm³/mol. The normalized spacial score (nSPS) is 10.6. The fraction of sp³-hybridized carbons (Fsp3) is 0.118. The molecule has 0 aliphatic rings. The molecule has 2 aromatic rings. The number of para-hydroxylation sites is 3. The maximum Gasteiger partial charge on any atom is 0.142 e. The molecule has 4 nitrogen and oxygen atoms in total. The Labute approximate surface area is 124 Å². The van der Waals surface area contributed by atoms with Crippen LogP contribution in [0.3, 0.4) is 0 Å². The van der Waals surface area contributed by atoms with Gasteiger partial charge in [0.25, 0.3) is 0 Å². The molecule has 0 saturated heterocycles. The summed E-state index contributed by atoms with van der Waals surface area (Å²) in [7, 11) is 3.20. The van der Waals surface area contributed by atoms with Gasteiger partial charge in [-0.25, -0.2) is 0 Å². The van der Waals surface area contributed by atoms with Crippen LogP contribution in [-0.4, -0.2) is 14.2 Å². The zero-order chi connectivity index (χ0) is 15.1. The highest BCUT2D eigenvalue weighted by atomic mass is 16.5. The summed E-state index contributed by atoms with van der Waals surface area (Å²) in [5.74, 6) is 1.39. The smallest absolute Gasteiger partial charge is 0.142 e. The second-order valence-corrected chi connectivity index (χ2v) is 4.24. The van der Waals surface area contributed by atoms with Gasteiger partial charge < -0.3 is 14.8 Å². The van der Waals surface area contributed by atoms with Crippen molar-refractivity contribution in [3.63, 3.8) is 0 Å². The molecule has 4 heteroatoms. The third-order valence-corrected chi connectivity index (χ3v) is 2.94. The molecule has 106 valence electrons. The molecule has 0 aliphatic heterocycles. The van der Waals surface area contributed by atoms with Crippen molar-refractivity contribution >= 4 is 11.8 Å². The average molecular weight is 280 g/mol. The topological polar surface area (TPSA) is 54.3 Å². The molecule has 0 aliphatic carbocycles. The summed E-state index contributed by atoms with van der Waals surface area (Å²) >= 11 is 0. The van der Waals surface area contributed by atoms with E-state index in [1.165, 1.54) is 0 Å². The predicted octanol–water partition coefficient (Wildman–Crippen LogP) is 3.68. The Morgan fingerprint density at radius 1 is 1.00 bits per heavy atom. The molecule has 0 amide bonds. The quantitative estimate of drug-likeness (QED) is 0.849. The highest BCUT2D eigenvalue weighted by Gasteiger charge is 2.05. The molecular formula is C17H16N2O2. The van der Waals surface area contributed by atoms with Crippen molar-refractivity contribution in [2.24, 2.45) is 0 Å². The third kappa shape index (κ3) is 3.54. The highest BCUT2D eigenvalue weighted by molar-refractivity contribution is 5.69. The Kier molecular flexibility index (Phi) is 4.84. The number of methoxy groups -OCH3 is 2. The van der Waals surface area contributed by atoms with Gasteiger partial charge in [-0.05, 0) is 24.3 Å². The fourth-order valence-electron chi connectivity index (χ4n) is 1.93. The van der Waals surface area contributed by atoms with Crippen molar-refractivity contribution in [1.82, 2.24) is 0 Å². The van der Waals surface area contributed by atoms with Crippen LogP contribution in [0.2, 0.25) is 0 Å². The summed E-state index contributed by atoms with van der Waals surface area (Å²) in [6, 6.07) is 17.1. The summed E-state index contributed by atoms with van der Waals surface area (Å²) < 4.78 is 10.5. The van der Waals surface area contributed by atoms with Crippen LogP contribution in [0.5, 0.6) is 11.5 Å². The molecule has 0 aromatic heterocycles. The second kappa shape index (κ2) is 7.01. The van der Waals surface area contributed by atoms with Crippen LogP contribution >= 0.6 is 0 Å². The van der Waals surface area contributed by atoms with Crippen LogP contribution in [0.15, 0.2) is 54.2 Å². The summed E-state index contributed by atoms with van der Waals surface area (Å²) in [5, 5.41) is 12.4. The Hall–Kier alpha value is -2.93. The van der Waals surface area contributed by atoms with Gasteiger partial charge >= 0.3 is 0 Å². The van der Waals surface area contributed by atoms with Crippen molar-refractivity contribution in [3.05, 3.63) is 59.8 Å². The number of allylic oxidation sites excluding steroid dienone is 1. The molecule has 21 heavy (non-hydrogen) atoms. The number of hydrogen-bond acceptors (Lipinski definition) is 4. The molecule has 0 heterocycles. The van der Waals surface area contributed by atoms with Gasteiger partial charge in [-0.2, -0.15) is 5.26 Å². The van der Waals surface area contributed by atoms with Gasteiger partial charge in [0.1, 0.15) is 23.3 Å². The van der Waals surface area contributed by atoms with Gasteiger partial charge in [-0.3, -0.25) is 0 Å². The lowest BCUT2D eigenvalue weighted by atomic mass is 10.1. The Morgan fingerprint density at radius 2 is 1.62 bits per heavy atom. The lowest BCUT2D eigenvalue weighted by Gasteiger charge is -2.10. The van der Waals surface area contributed by atoms with Crippen LogP contribution in [0.1, 0.15) is 5.56 Å². The van der Waals surface area contributed by atoms with Crippen LogP contribution < -0.4 is 14.8 Å².